The maximum Gasteiger partial charge on any atom is 0.418 e. The number of carbonyl (C=O) groups is 1. The molecule has 0 aliphatic heterocycles. The summed E-state index contributed by atoms with van der Waals surface area (Å²) in [5.41, 5.74) is -0.734. The lowest BCUT2D eigenvalue weighted by molar-refractivity contribution is -0.188. The molecule has 1 N–H and O–H groups in total. The van der Waals surface area contributed by atoms with E-state index in [1.807, 2.05) is 0 Å². The average molecular weight is 223 g/mol. The van der Waals surface area contributed by atoms with Crippen LogP contribution in [-0.4, -0.2) is 23.1 Å². The minimum absolute atomic E-state index is 0.206. The first-order valence-corrected chi connectivity index (χ1v) is 5.92. The largest absolute Gasteiger partial charge is 0.481 e. The van der Waals surface area contributed by atoms with Crippen LogP contribution < -0.4 is 0 Å². The zero-order valence-electron chi connectivity index (χ0n) is 9.02. The number of hydrogen-bond acceptors (Lipinski definition) is 3. The monoisotopic (exact) mass is 223 g/mol. The Morgan fingerprint density at radius 3 is 2.38 bits per heavy atom. The predicted molar refractivity (Wildman–Crippen MR) is 54.2 cm³/mol. The Bertz CT molecular complexity index is 324. The molecule has 0 aromatic heterocycles. The van der Waals surface area contributed by atoms with Gasteiger partial charge in [0, 0.05) is 0 Å². The van der Waals surface area contributed by atoms with E-state index in [0.717, 1.165) is 25.7 Å². The number of rotatable bonds is 3. The van der Waals surface area contributed by atoms with Gasteiger partial charge in [0.2, 0.25) is 0 Å². The molecule has 1 radical (unpaired) electrons. The number of hydrogen-bond donors (Lipinski definition) is 1. The van der Waals surface area contributed by atoms with Gasteiger partial charge in [-0.3, -0.25) is 4.79 Å². The fourth-order valence-electron chi connectivity index (χ4n) is 4.62. The maximum absolute atomic E-state index is 11.4. The number of carboxylic acids is 1. The summed E-state index contributed by atoms with van der Waals surface area (Å²) in [5, 5.41) is 9.33. The van der Waals surface area contributed by atoms with Crippen molar-refractivity contribution in [2.75, 3.05) is 0 Å². The molecule has 4 bridgehead atoms. The molecule has 4 heteroatoms. The molecule has 0 aromatic carbocycles. The first kappa shape index (κ1) is 10.1. The molecule has 3 atom stereocenters. The Morgan fingerprint density at radius 1 is 1.25 bits per heavy atom. The molecule has 4 nitrogen and oxygen atoms in total. The van der Waals surface area contributed by atoms with Crippen molar-refractivity contribution >= 4 is 12.4 Å². The molecule has 4 saturated carbocycles. The van der Waals surface area contributed by atoms with E-state index >= 15 is 0 Å². The topological polar surface area (TPSA) is 63.6 Å². The van der Waals surface area contributed by atoms with Gasteiger partial charge >= 0.3 is 12.4 Å². The van der Waals surface area contributed by atoms with Gasteiger partial charge in [0.15, 0.2) is 0 Å². The minimum atomic E-state index is -0.806. The summed E-state index contributed by atoms with van der Waals surface area (Å²) in [4.78, 5) is 21.9. The first-order chi connectivity index (χ1) is 7.64. The molecule has 0 spiro atoms. The molecular weight excluding hydrogens is 208 g/mol. The van der Waals surface area contributed by atoms with E-state index in [2.05, 4.69) is 0 Å². The Morgan fingerprint density at radius 2 is 1.88 bits per heavy atom. The van der Waals surface area contributed by atoms with Crippen LogP contribution in [0.1, 0.15) is 32.1 Å². The van der Waals surface area contributed by atoms with Crippen LogP contribution in [0.5, 0.6) is 0 Å². The van der Waals surface area contributed by atoms with Crippen molar-refractivity contribution in [3.8, 4) is 0 Å². The van der Waals surface area contributed by atoms with Crippen LogP contribution in [0.25, 0.3) is 0 Å². The zero-order valence-corrected chi connectivity index (χ0v) is 9.02. The van der Waals surface area contributed by atoms with Crippen molar-refractivity contribution < 1.29 is 19.4 Å². The second-order valence-corrected chi connectivity index (χ2v) is 5.67. The summed E-state index contributed by atoms with van der Waals surface area (Å²) in [7, 11) is 0. The highest BCUT2D eigenvalue weighted by molar-refractivity contribution is 5.73. The molecule has 0 aromatic rings. The van der Waals surface area contributed by atoms with E-state index in [0.29, 0.717) is 11.8 Å². The third-order valence-electron chi connectivity index (χ3n) is 4.76. The van der Waals surface area contributed by atoms with Crippen LogP contribution in [0.3, 0.4) is 0 Å². The Kier molecular flexibility index (Phi) is 2.03. The van der Waals surface area contributed by atoms with Crippen LogP contribution >= 0.6 is 0 Å². The van der Waals surface area contributed by atoms with E-state index in [1.54, 1.807) is 0 Å². The Labute approximate surface area is 94.0 Å². The minimum Gasteiger partial charge on any atom is -0.481 e. The average Bonchev–Trinajstić information content (AvgIpc) is 2.14. The van der Waals surface area contributed by atoms with Gasteiger partial charge < -0.3 is 9.84 Å². The van der Waals surface area contributed by atoms with Gasteiger partial charge in [0.1, 0.15) is 5.60 Å². The van der Waals surface area contributed by atoms with Crippen molar-refractivity contribution in [2.45, 2.75) is 37.7 Å². The highest BCUT2D eigenvalue weighted by Crippen LogP contribution is 2.59. The van der Waals surface area contributed by atoms with Gasteiger partial charge in [-0.2, -0.15) is 0 Å². The second-order valence-electron chi connectivity index (χ2n) is 5.67. The summed E-state index contributed by atoms with van der Waals surface area (Å²) in [5.74, 6) is 0.0146. The molecule has 3 unspecified atom stereocenters. The van der Waals surface area contributed by atoms with Crippen molar-refractivity contribution in [3.05, 3.63) is 0 Å². The lowest BCUT2D eigenvalue weighted by Gasteiger charge is -2.58. The van der Waals surface area contributed by atoms with Crippen LogP contribution in [0, 0.1) is 23.7 Å². The maximum atomic E-state index is 11.4. The molecule has 4 fully saturated rings. The summed E-state index contributed by atoms with van der Waals surface area (Å²) in [6, 6.07) is 0. The molecular formula is C12H15O4. The summed E-state index contributed by atoms with van der Waals surface area (Å²) >= 11 is 0. The van der Waals surface area contributed by atoms with Crippen molar-refractivity contribution in [1.82, 2.24) is 0 Å². The van der Waals surface area contributed by atoms with Gasteiger partial charge in [0.25, 0.3) is 0 Å². The Balaban J connectivity index is 1.98. The quantitative estimate of drug-likeness (QED) is 0.784. The fraction of sp³-hybridized carbons (Fsp3) is 0.833. The molecule has 4 rings (SSSR count). The second kappa shape index (κ2) is 3.22. The highest BCUT2D eigenvalue weighted by Gasteiger charge is 2.61. The SMILES string of the molecule is O=[C]OC12CC3CC(CC(C3)C1C(=O)O)C2. The first-order valence-electron chi connectivity index (χ1n) is 5.92. The molecule has 4 aliphatic rings. The highest BCUT2D eigenvalue weighted by atomic mass is 16.5. The molecule has 0 amide bonds. The van der Waals surface area contributed by atoms with E-state index in [-0.39, 0.29) is 5.92 Å². The Hall–Kier alpha value is -1.06. The molecule has 0 heterocycles. The molecule has 16 heavy (non-hydrogen) atoms. The summed E-state index contributed by atoms with van der Waals surface area (Å²) in [6.45, 7) is 1.50. The molecule has 0 saturated heterocycles. The van der Waals surface area contributed by atoms with Gasteiger partial charge in [0.05, 0.1) is 5.92 Å². The third kappa shape index (κ3) is 1.22. The van der Waals surface area contributed by atoms with Gasteiger partial charge in [-0.05, 0) is 49.9 Å². The fourth-order valence-corrected chi connectivity index (χ4v) is 4.62. The third-order valence-corrected chi connectivity index (χ3v) is 4.76. The van der Waals surface area contributed by atoms with Gasteiger partial charge in [-0.1, -0.05) is 0 Å². The number of aliphatic carboxylic acids is 1. The molecule has 87 valence electrons. The van der Waals surface area contributed by atoms with Crippen molar-refractivity contribution in [2.24, 2.45) is 23.7 Å². The van der Waals surface area contributed by atoms with Crippen LogP contribution in [0.2, 0.25) is 0 Å². The smallest absolute Gasteiger partial charge is 0.418 e. The predicted octanol–water partition coefficient (Wildman–Crippen LogP) is 1.35. The summed E-state index contributed by atoms with van der Waals surface area (Å²) < 4.78 is 5.13. The van der Waals surface area contributed by atoms with E-state index in [9.17, 15) is 14.7 Å². The van der Waals surface area contributed by atoms with E-state index < -0.39 is 17.5 Å². The normalized spacial score (nSPS) is 49.0. The standard InChI is InChI=1S/C12H15O4/c13-6-16-12-4-7-1-8(5-12)3-9(2-7)10(12)11(14)15/h7-10H,1-5H2,(H,14,15). The van der Waals surface area contributed by atoms with Crippen molar-refractivity contribution in [1.29, 1.82) is 0 Å². The summed E-state index contributed by atoms with van der Waals surface area (Å²) in [6.07, 6.45) is 4.64. The number of ether oxygens (including phenoxy) is 1. The van der Waals surface area contributed by atoms with Gasteiger partial charge in [-0.15, -0.1) is 0 Å². The lowest BCUT2D eigenvalue weighted by atomic mass is 9.49. The van der Waals surface area contributed by atoms with Crippen LogP contribution in [-0.2, 0) is 14.3 Å². The van der Waals surface area contributed by atoms with Crippen molar-refractivity contribution in [3.63, 3.8) is 0 Å². The molecule has 4 aliphatic carbocycles. The van der Waals surface area contributed by atoms with Crippen LogP contribution in [0.4, 0.5) is 0 Å². The zero-order chi connectivity index (χ0) is 11.3. The van der Waals surface area contributed by atoms with Gasteiger partial charge in [-0.25, -0.2) is 4.79 Å². The lowest BCUT2D eigenvalue weighted by Crippen LogP contribution is -2.60. The number of carboxylic acid groups (broad SMARTS) is 1. The van der Waals surface area contributed by atoms with E-state index in [1.165, 1.54) is 12.9 Å². The van der Waals surface area contributed by atoms with Crippen LogP contribution in [0.15, 0.2) is 0 Å². The van der Waals surface area contributed by atoms with E-state index in [4.69, 9.17) is 4.74 Å². The number of carbonyl (C=O) groups excluding carboxylic acids is 1.